The number of aryl methyl sites for hydroxylation is 1. The van der Waals surface area contributed by atoms with Crippen LogP contribution in [0.1, 0.15) is 137 Å². The third-order valence-electron chi connectivity index (χ3n) is 12.4. The second kappa shape index (κ2) is 18.5. The smallest absolute Gasteiger partial charge is 0.416 e. The number of benzene rings is 2. The Hall–Kier alpha value is -3.97. The maximum atomic E-state index is 14.0. The van der Waals surface area contributed by atoms with Gasteiger partial charge >= 0.3 is 12.1 Å². The molecule has 2 aliphatic heterocycles. The van der Waals surface area contributed by atoms with Gasteiger partial charge in [-0.15, -0.1) is 0 Å². The Balaban J connectivity index is 1.10. The number of esters is 1. The number of piperidine rings is 2. The maximum absolute atomic E-state index is 14.0. The zero-order chi connectivity index (χ0) is 41.8. The molecular formula is C45H63F3N6O4. The van der Waals surface area contributed by atoms with Crippen LogP contribution in [0, 0.1) is 18.8 Å². The summed E-state index contributed by atoms with van der Waals surface area (Å²) < 4.78 is 53.4. The van der Waals surface area contributed by atoms with Gasteiger partial charge in [0.05, 0.1) is 29.8 Å². The molecule has 3 heterocycles. The molecule has 3 fully saturated rings. The number of carbonyl (C=O) groups is 2. The van der Waals surface area contributed by atoms with Crippen molar-refractivity contribution in [3.05, 3.63) is 58.4 Å². The molecule has 13 heteroatoms. The first-order valence-corrected chi connectivity index (χ1v) is 21.3. The lowest BCUT2D eigenvalue weighted by Crippen LogP contribution is -2.43. The SMILES string of the molecule is COc1cc2nc(C)nc(N[C@H](C)c3cc(C(=O)OC(C)(C)C)cc(C(F)(F)F)c3)c2cc1C1CCC(C(=O)N2CCC(CCCN(C)C3CCNCC3)CC2)CC1. The highest BCUT2D eigenvalue weighted by molar-refractivity contribution is 5.92. The first kappa shape index (κ1) is 43.6. The molecule has 2 N–H and O–H groups in total. The van der Waals surface area contributed by atoms with E-state index in [1.54, 1.807) is 41.7 Å². The Labute approximate surface area is 342 Å². The molecule has 10 nitrogen and oxygen atoms in total. The Morgan fingerprint density at radius 2 is 1.66 bits per heavy atom. The summed E-state index contributed by atoms with van der Waals surface area (Å²) in [6, 6.07) is 7.28. The number of hydrogen-bond acceptors (Lipinski definition) is 9. The largest absolute Gasteiger partial charge is 0.496 e. The van der Waals surface area contributed by atoms with Crippen molar-refractivity contribution in [3.8, 4) is 5.75 Å². The van der Waals surface area contributed by atoms with Crippen molar-refractivity contribution in [2.45, 2.75) is 129 Å². The van der Waals surface area contributed by atoms with Crippen LogP contribution in [0.15, 0.2) is 30.3 Å². The molecule has 0 spiro atoms. The van der Waals surface area contributed by atoms with Crippen molar-refractivity contribution in [2.24, 2.45) is 11.8 Å². The fourth-order valence-corrected chi connectivity index (χ4v) is 9.11. The highest BCUT2D eigenvalue weighted by Gasteiger charge is 2.35. The van der Waals surface area contributed by atoms with E-state index >= 15 is 0 Å². The summed E-state index contributed by atoms with van der Waals surface area (Å²) in [4.78, 5) is 40.7. The van der Waals surface area contributed by atoms with Crippen LogP contribution in [-0.2, 0) is 15.7 Å². The van der Waals surface area contributed by atoms with E-state index in [1.165, 1.54) is 31.7 Å². The first-order valence-electron chi connectivity index (χ1n) is 21.3. The number of likely N-dealkylation sites (tertiary alicyclic amines) is 1. The van der Waals surface area contributed by atoms with Crippen molar-refractivity contribution in [3.63, 3.8) is 0 Å². The second-order valence-corrected chi connectivity index (χ2v) is 17.9. The Kier molecular flexibility index (Phi) is 13.9. The fraction of sp³-hybridized carbons (Fsp3) is 0.644. The summed E-state index contributed by atoms with van der Waals surface area (Å²) in [5.74, 6) is 1.99. The Morgan fingerprint density at radius 3 is 2.29 bits per heavy atom. The van der Waals surface area contributed by atoms with E-state index in [0.717, 1.165) is 88.9 Å². The molecule has 1 saturated carbocycles. The summed E-state index contributed by atoms with van der Waals surface area (Å²) in [6.07, 6.45) is 5.70. The molecule has 318 valence electrons. The Morgan fingerprint density at radius 1 is 0.966 bits per heavy atom. The van der Waals surface area contributed by atoms with Crippen LogP contribution in [0.5, 0.6) is 5.75 Å². The minimum absolute atomic E-state index is 0.0139. The second-order valence-electron chi connectivity index (χ2n) is 17.9. The van der Waals surface area contributed by atoms with E-state index in [1.807, 2.05) is 12.1 Å². The standard InChI is InChI=1S/C45H63F3N6O4/c1-28(33-23-34(43(56)58-44(3,4)5)25-35(24-33)45(46,47)48)50-41-38-26-37(40(57-7)27-39(38)51-29(2)52-41)31-10-12-32(13-11-31)42(55)54-21-16-30(17-22-54)9-8-20-53(6)36-14-18-49-19-15-36/h23-28,30-32,36,49H,8-22H2,1-7H3,(H,50,51,52)/t28-,31?,32?/m1/s1. The summed E-state index contributed by atoms with van der Waals surface area (Å²) in [5, 5.41) is 7.50. The molecule has 2 saturated heterocycles. The van der Waals surface area contributed by atoms with Crippen LogP contribution in [-0.4, -0.2) is 90.2 Å². The summed E-state index contributed by atoms with van der Waals surface area (Å²) >= 11 is 0. The van der Waals surface area contributed by atoms with Crippen molar-refractivity contribution in [1.29, 1.82) is 0 Å². The number of aromatic nitrogens is 2. The van der Waals surface area contributed by atoms with E-state index in [2.05, 4.69) is 32.5 Å². The van der Waals surface area contributed by atoms with Gasteiger partial charge in [0.15, 0.2) is 0 Å². The number of ether oxygens (including phenoxy) is 2. The van der Waals surface area contributed by atoms with Crippen LogP contribution in [0.2, 0.25) is 0 Å². The van der Waals surface area contributed by atoms with Gasteiger partial charge in [0.2, 0.25) is 5.91 Å². The normalized spacial score (nSPS) is 20.6. The molecule has 58 heavy (non-hydrogen) atoms. The lowest BCUT2D eigenvalue weighted by Gasteiger charge is -2.37. The number of anilines is 1. The van der Waals surface area contributed by atoms with Crippen molar-refractivity contribution in [1.82, 2.24) is 25.1 Å². The maximum Gasteiger partial charge on any atom is 0.416 e. The third-order valence-corrected chi connectivity index (χ3v) is 12.4. The van der Waals surface area contributed by atoms with E-state index in [9.17, 15) is 22.8 Å². The minimum Gasteiger partial charge on any atom is -0.496 e. The number of nitrogens with one attached hydrogen (secondary N) is 2. The topological polar surface area (TPSA) is 109 Å². The monoisotopic (exact) mass is 808 g/mol. The van der Waals surface area contributed by atoms with Gasteiger partial charge in [-0.3, -0.25) is 4.79 Å². The molecule has 1 amide bonds. The molecule has 1 aromatic heterocycles. The summed E-state index contributed by atoms with van der Waals surface area (Å²) in [7, 11) is 3.91. The number of alkyl halides is 3. The number of amides is 1. The first-order chi connectivity index (χ1) is 27.5. The predicted molar refractivity (Wildman–Crippen MR) is 221 cm³/mol. The van der Waals surface area contributed by atoms with Crippen LogP contribution >= 0.6 is 0 Å². The molecule has 1 atom stereocenters. The van der Waals surface area contributed by atoms with Crippen molar-refractivity contribution >= 4 is 28.6 Å². The van der Waals surface area contributed by atoms with Gasteiger partial charge in [0, 0.05) is 36.5 Å². The molecule has 0 radical (unpaired) electrons. The number of fused-ring (bicyclic) bond motifs is 1. The van der Waals surface area contributed by atoms with Crippen molar-refractivity contribution < 1.29 is 32.2 Å². The highest BCUT2D eigenvalue weighted by atomic mass is 19.4. The van der Waals surface area contributed by atoms with Gasteiger partial charge in [0.1, 0.15) is 23.0 Å². The van der Waals surface area contributed by atoms with Gasteiger partial charge in [-0.25, -0.2) is 14.8 Å². The molecule has 3 aromatic rings. The molecule has 6 rings (SSSR count). The van der Waals surface area contributed by atoms with E-state index in [-0.39, 0.29) is 23.0 Å². The third kappa shape index (κ3) is 11.0. The number of carbonyl (C=O) groups excluding carboxylic acids is 2. The number of methoxy groups -OCH3 is 1. The Bertz CT molecular complexity index is 1890. The molecule has 0 bridgehead atoms. The fourth-order valence-electron chi connectivity index (χ4n) is 9.11. The zero-order valence-corrected chi connectivity index (χ0v) is 35.4. The van der Waals surface area contributed by atoms with Crippen LogP contribution in [0.4, 0.5) is 19.0 Å². The van der Waals surface area contributed by atoms with Crippen molar-refractivity contribution in [2.75, 3.05) is 52.2 Å². The molecule has 0 unspecified atom stereocenters. The average molecular weight is 809 g/mol. The van der Waals surface area contributed by atoms with Gasteiger partial charge in [-0.05, 0) is 173 Å². The number of nitrogens with zero attached hydrogens (tertiary/aromatic N) is 4. The van der Waals surface area contributed by atoms with Crippen LogP contribution < -0.4 is 15.4 Å². The number of halogens is 3. The van der Waals surface area contributed by atoms with Gasteiger partial charge in [-0.2, -0.15) is 13.2 Å². The van der Waals surface area contributed by atoms with Gasteiger partial charge in [-0.1, -0.05) is 0 Å². The lowest BCUT2D eigenvalue weighted by molar-refractivity contribution is -0.138. The average Bonchev–Trinajstić information content (AvgIpc) is 3.19. The molecule has 1 aliphatic carbocycles. The molecule has 2 aromatic carbocycles. The van der Waals surface area contributed by atoms with E-state index in [4.69, 9.17) is 14.5 Å². The van der Waals surface area contributed by atoms with Crippen LogP contribution in [0.25, 0.3) is 10.9 Å². The van der Waals surface area contributed by atoms with E-state index < -0.39 is 29.4 Å². The lowest BCUT2D eigenvalue weighted by atomic mass is 9.77. The molecule has 3 aliphatic rings. The quantitative estimate of drug-likeness (QED) is 0.173. The summed E-state index contributed by atoms with van der Waals surface area (Å²) in [5.41, 5.74) is -0.0808. The van der Waals surface area contributed by atoms with Crippen LogP contribution in [0.3, 0.4) is 0 Å². The number of rotatable bonds is 12. The summed E-state index contributed by atoms with van der Waals surface area (Å²) in [6.45, 7) is 13.6. The minimum atomic E-state index is -4.67. The molecular weight excluding hydrogens is 746 g/mol. The predicted octanol–water partition coefficient (Wildman–Crippen LogP) is 9.07. The van der Waals surface area contributed by atoms with Gasteiger partial charge < -0.3 is 29.9 Å². The zero-order valence-electron chi connectivity index (χ0n) is 35.4. The van der Waals surface area contributed by atoms with Gasteiger partial charge in [0.25, 0.3) is 0 Å². The number of hydrogen-bond donors (Lipinski definition) is 2. The van der Waals surface area contributed by atoms with E-state index in [0.29, 0.717) is 46.2 Å². The highest BCUT2D eigenvalue weighted by Crippen LogP contribution is 2.43.